The number of nitrogens with zero attached hydrogens (tertiary/aromatic N) is 1. The van der Waals surface area contributed by atoms with Crippen molar-refractivity contribution in [2.24, 2.45) is 0 Å². The second-order valence-corrected chi connectivity index (χ2v) is 5.73. The van der Waals surface area contributed by atoms with E-state index in [9.17, 15) is 4.79 Å². The first-order chi connectivity index (χ1) is 11.5. The molecular weight excluding hydrogens is 300 g/mol. The SMILES string of the molecule is CCN(CC)c1ccc(NC(=O)[C@H](C)Oc2ccccc2)c(C)c1. The molecule has 0 radical (unpaired) electrons. The van der Waals surface area contributed by atoms with Crippen molar-refractivity contribution in [1.82, 2.24) is 0 Å². The summed E-state index contributed by atoms with van der Waals surface area (Å²) in [6.07, 6.45) is -0.561. The molecule has 4 heteroatoms. The van der Waals surface area contributed by atoms with Gasteiger partial charge in [0.25, 0.3) is 5.91 Å². The third kappa shape index (κ3) is 4.51. The van der Waals surface area contributed by atoms with Crippen LogP contribution in [0.15, 0.2) is 48.5 Å². The van der Waals surface area contributed by atoms with Crippen LogP contribution in [0.4, 0.5) is 11.4 Å². The number of hydrogen-bond acceptors (Lipinski definition) is 3. The summed E-state index contributed by atoms with van der Waals surface area (Å²) >= 11 is 0. The molecule has 0 aliphatic heterocycles. The Kier molecular flexibility index (Phi) is 6.24. The van der Waals surface area contributed by atoms with Crippen LogP contribution in [0.3, 0.4) is 0 Å². The van der Waals surface area contributed by atoms with Gasteiger partial charge in [-0.25, -0.2) is 0 Å². The summed E-state index contributed by atoms with van der Waals surface area (Å²) in [4.78, 5) is 14.6. The number of hydrogen-bond donors (Lipinski definition) is 1. The molecule has 2 aromatic rings. The predicted octanol–water partition coefficient (Wildman–Crippen LogP) is 4.25. The van der Waals surface area contributed by atoms with Crippen molar-refractivity contribution in [3.8, 4) is 5.75 Å². The van der Waals surface area contributed by atoms with Crippen LogP contribution < -0.4 is 15.0 Å². The van der Waals surface area contributed by atoms with Gasteiger partial charge in [-0.15, -0.1) is 0 Å². The van der Waals surface area contributed by atoms with E-state index in [2.05, 4.69) is 30.1 Å². The van der Waals surface area contributed by atoms with E-state index in [-0.39, 0.29) is 5.91 Å². The molecule has 0 aromatic heterocycles. The number of rotatable bonds is 7. The number of nitrogens with one attached hydrogen (secondary N) is 1. The molecule has 2 rings (SSSR count). The molecule has 0 heterocycles. The molecule has 1 atom stereocenters. The van der Waals surface area contributed by atoms with Gasteiger partial charge in [0.1, 0.15) is 5.75 Å². The first-order valence-electron chi connectivity index (χ1n) is 8.43. The summed E-state index contributed by atoms with van der Waals surface area (Å²) in [6.45, 7) is 9.95. The monoisotopic (exact) mass is 326 g/mol. The van der Waals surface area contributed by atoms with Gasteiger partial charge in [-0.2, -0.15) is 0 Å². The molecule has 0 aliphatic carbocycles. The molecule has 0 bridgehead atoms. The Bertz CT molecular complexity index is 667. The highest BCUT2D eigenvalue weighted by molar-refractivity contribution is 5.95. The van der Waals surface area contributed by atoms with E-state index in [1.54, 1.807) is 6.92 Å². The molecule has 0 spiro atoms. The van der Waals surface area contributed by atoms with Crippen LogP contribution in [0.1, 0.15) is 26.3 Å². The number of para-hydroxylation sites is 1. The van der Waals surface area contributed by atoms with E-state index < -0.39 is 6.10 Å². The Labute approximate surface area is 144 Å². The number of amides is 1. The highest BCUT2D eigenvalue weighted by Gasteiger charge is 2.16. The standard InChI is InChI=1S/C20H26N2O2/c1-5-22(6-2)17-12-13-19(15(3)14-17)21-20(23)16(4)24-18-10-8-7-9-11-18/h7-14,16H,5-6H2,1-4H3,(H,21,23)/t16-/m0/s1. The van der Waals surface area contributed by atoms with Gasteiger partial charge in [0, 0.05) is 24.5 Å². The number of carbonyl (C=O) groups excluding carboxylic acids is 1. The third-order valence-electron chi connectivity index (χ3n) is 4.02. The fourth-order valence-electron chi connectivity index (χ4n) is 2.56. The van der Waals surface area contributed by atoms with E-state index in [0.717, 1.165) is 24.3 Å². The summed E-state index contributed by atoms with van der Waals surface area (Å²) in [5.74, 6) is 0.534. The zero-order valence-electron chi connectivity index (χ0n) is 14.9. The molecule has 0 saturated heterocycles. The lowest BCUT2D eigenvalue weighted by Crippen LogP contribution is -2.30. The van der Waals surface area contributed by atoms with Crippen LogP contribution in [0.25, 0.3) is 0 Å². The zero-order chi connectivity index (χ0) is 17.5. The maximum absolute atomic E-state index is 12.4. The summed E-state index contributed by atoms with van der Waals surface area (Å²) in [6, 6.07) is 15.5. The van der Waals surface area contributed by atoms with Crippen molar-refractivity contribution in [2.75, 3.05) is 23.3 Å². The fraction of sp³-hybridized carbons (Fsp3) is 0.350. The van der Waals surface area contributed by atoms with Crippen LogP contribution in [0.2, 0.25) is 0 Å². The van der Waals surface area contributed by atoms with Gasteiger partial charge in [-0.05, 0) is 63.6 Å². The number of benzene rings is 2. The van der Waals surface area contributed by atoms with Crippen molar-refractivity contribution in [2.45, 2.75) is 33.8 Å². The molecule has 1 N–H and O–H groups in total. The Morgan fingerprint density at radius 1 is 1.12 bits per heavy atom. The van der Waals surface area contributed by atoms with E-state index in [1.165, 1.54) is 5.69 Å². The summed E-state index contributed by atoms with van der Waals surface area (Å²) in [7, 11) is 0. The quantitative estimate of drug-likeness (QED) is 0.827. The fourth-order valence-corrected chi connectivity index (χ4v) is 2.56. The van der Waals surface area contributed by atoms with Crippen LogP contribution >= 0.6 is 0 Å². The van der Waals surface area contributed by atoms with Crippen molar-refractivity contribution in [1.29, 1.82) is 0 Å². The lowest BCUT2D eigenvalue weighted by Gasteiger charge is -2.22. The van der Waals surface area contributed by atoms with Gasteiger partial charge >= 0.3 is 0 Å². The van der Waals surface area contributed by atoms with E-state index in [1.807, 2.05) is 49.4 Å². The average molecular weight is 326 g/mol. The zero-order valence-corrected chi connectivity index (χ0v) is 14.9. The molecule has 0 fully saturated rings. The van der Waals surface area contributed by atoms with Gasteiger partial charge in [0.2, 0.25) is 0 Å². The minimum absolute atomic E-state index is 0.155. The topological polar surface area (TPSA) is 41.6 Å². The molecule has 0 aliphatic rings. The van der Waals surface area contributed by atoms with Gasteiger partial charge in [-0.1, -0.05) is 18.2 Å². The highest BCUT2D eigenvalue weighted by atomic mass is 16.5. The molecule has 0 saturated carbocycles. The maximum Gasteiger partial charge on any atom is 0.265 e. The van der Waals surface area contributed by atoms with Crippen molar-refractivity contribution in [3.63, 3.8) is 0 Å². The largest absolute Gasteiger partial charge is 0.481 e. The molecule has 24 heavy (non-hydrogen) atoms. The Hall–Kier alpha value is -2.49. The van der Waals surface area contributed by atoms with Crippen LogP contribution in [-0.4, -0.2) is 25.1 Å². The number of aryl methyl sites for hydroxylation is 1. The number of ether oxygens (including phenoxy) is 1. The van der Waals surface area contributed by atoms with Gasteiger partial charge in [-0.3, -0.25) is 4.79 Å². The lowest BCUT2D eigenvalue weighted by molar-refractivity contribution is -0.122. The first-order valence-corrected chi connectivity index (χ1v) is 8.43. The van der Waals surface area contributed by atoms with Gasteiger partial charge in [0.15, 0.2) is 6.10 Å². The maximum atomic E-state index is 12.4. The third-order valence-corrected chi connectivity index (χ3v) is 4.02. The molecule has 0 unspecified atom stereocenters. The molecule has 4 nitrogen and oxygen atoms in total. The van der Waals surface area contributed by atoms with E-state index >= 15 is 0 Å². The van der Waals surface area contributed by atoms with Crippen molar-refractivity contribution < 1.29 is 9.53 Å². The summed E-state index contributed by atoms with van der Waals surface area (Å²) < 4.78 is 5.66. The minimum Gasteiger partial charge on any atom is -0.481 e. The predicted molar refractivity (Wildman–Crippen MR) is 99.9 cm³/mol. The van der Waals surface area contributed by atoms with E-state index in [4.69, 9.17) is 4.74 Å². The second-order valence-electron chi connectivity index (χ2n) is 5.73. The highest BCUT2D eigenvalue weighted by Crippen LogP contribution is 2.23. The lowest BCUT2D eigenvalue weighted by atomic mass is 10.1. The number of carbonyl (C=O) groups is 1. The summed E-state index contributed by atoms with van der Waals surface area (Å²) in [5.41, 5.74) is 3.03. The first kappa shape index (κ1) is 17.9. The van der Waals surface area contributed by atoms with Crippen molar-refractivity contribution in [3.05, 3.63) is 54.1 Å². The Balaban J connectivity index is 2.03. The molecule has 1 amide bonds. The molecule has 2 aromatic carbocycles. The molecular formula is C20H26N2O2. The molecule has 128 valence electrons. The van der Waals surface area contributed by atoms with E-state index in [0.29, 0.717) is 5.75 Å². The van der Waals surface area contributed by atoms with Crippen LogP contribution in [-0.2, 0) is 4.79 Å². The number of anilines is 2. The van der Waals surface area contributed by atoms with Gasteiger partial charge in [0.05, 0.1) is 0 Å². The Morgan fingerprint density at radius 3 is 2.38 bits per heavy atom. The van der Waals surface area contributed by atoms with Crippen LogP contribution in [0, 0.1) is 6.92 Å². The van der Waals surface area contributed by atoms with Gasteiger partial charge < -0.3 is 15.0 Å². The minimum atomic E-state index is -0.561. The van der Waals surface area contributed by atoms with Crippen molar-refractivity contribution >= 4 is 17.3 Å². The summed E-state index contributed by atoms with van der Waals surface area (Å²) in [5, 5.41) is 2.95. The Morgan fingerprint density at radius 2 is 1.79 bits per heavy atom. The normalized spacial score (nSPS) is 11.7. The average Bonchev–Trinajstić information content (AvgIpc) is 2.59. The van der Waals surface area contributed by atoms with Crippen LogP contribution in [0.5, 0.6) is 5.75 Å². The smallest absolute Gasteiger partial charge is 0.265 e. The second kappa shape index (κ2) is 8.39.